The summed E-state index contributed by atoms with van der Waals surface area (Å²) in [6.45, 7) is 1.66. The first-order valence-corrected chi connectivity index (χ1v) is 9.32. The van der Waals surface area contributed by atoms with Crippen LogP contribution in [0.4, 0.5) is 10.5 Å². The Morgan fingerprint density at radius 3 is 2.39 bits per heavy atom. The van der Waals surface area contributed by atoms with E-state index < -0.39 is 23.8 Å². The van der Waals surface area contributed by atoms with Gasteiger partial charge in [-0.15, -0.1) is 0 Å². The average molecular weight is 424 g/mol. The van der Waals surface area contributed by atoms with Crippen molar-refractivity contribution in [1.29, 1.82) is 0 Å². The van der Waals surface area contributed by atoms with Crippen molar-refractivity contribution in [3.05, 3.63) is 53.6 Å². The second-order valence-electron chi connectivity index (χ2n) is 6.37. The van der Waals surface area contributed by atoms with Gasteiger partial charge in [0.15, 0.2) is 11.5 Å². The molecule has 2 aromatic carbocycles. The number of amides is 4. The summed E-state index contributed by atoms with van der Waals surface area (Å²) < 4.78 is 15.7. The Morgan fingerprint density at radius 2 is 1.71 bits per heavy atom. The van der Waals surface area contributed by atoms with Crippen molar-refractivity contribution < 1.29 is 33.4 Å². The standard InChI is InChI=1S/C22H20N2O7/c1-4-19(25)31-17-10-9-13(12-18(17)30-3)11-14-20(26)23-22(28)24(21(14)27)15-7-5-6-8-16(15)29-2/h5-12H,4H2,1-3H3,(H,23,26,28). The number of hydrogen-bond acceptors (Lipinski definition) is 7. The molecule has 0 bridgehead atoms. The van der Waals surface area contributed by atoms with E-state index >= 15 is 0 Å². The zero-order valence-electron chi connectivity index (χ0n) is 17.1. The van der Waals surface area contributed by atoms with E-state index in [1.165, 1.54) is 38.5 Å². The molecule has 0 unspecified atom stereocenters. The number of nitrogens with one attached hydrogen (secondary N) is 1. The number of anilines is 1. The molecule has 2 aromatic rings. The normalized spacial score (nSPS) is 15.0. The molecule has 0 aromatic heterocycles. The van der Waals surface area contributed by atoms with Gasteiger partial charge in [0.05, 0.1) is 19.9 Å². The fourth-order valence-electron chi connectivity index (χ4n) is 2.91. The molecule has 9 heteroatoms. The SMILES string of the molecule is CCC(=O)Oc1ccc(C=C2C(=O)NC(=O)N(c3ccccc3OC)C2=O)cc1OC. The minimum Gasteiger partial charge on any atom is -0.495 e. The largest absolute Gasteiger partial charge is 0.495 e. The number of imide groups is 2. The number of para-hydroxylation sites is 2. The first-order chi connectivity index (χ1) is 14.9. The third-order valence-electron chi connectivity index (χ3n) is 4.44. The van der Waals surface area contributed by atoms with Crippen molar-refractivity contribution in [2.45, 2.75) is 13.3 Å². The van der Waals surface area contributed by atoms with Gasteiger partial charge in [-0.2, -0.15) is 0 Å². The summed E-state index contributed by atoms with van der Waals surface area (Å²) in [5.74, 6) is -1.32. The van der Waals surface area contributed by atoms with Crippen LogP contribution >= 0.6 is 0 Å². The highest BCUT2D eigenvalue weighted by atomic mass is 16.6. The number of urea groups is 1. The van der Waals surface area contributed by atoms with Crippen LogP contribution in [0.5, 0.6) is 17.2 Å². The van der Waals surface area contributed by atoms with Crippen LogP contribution in [0.15, 0.2) is 48.0 Å². The number of rotatable bonds is 6. The fraction of sp³-hybridized carbons (Fsp3) is 0.182. The van der Waals surface area contributed by atoms with E-state index in [-0.39, 0.29) is 29.2 Å². The van der Waals surface area contributed by atoms with Crippen LogP contribution < -0.4 is 24.4 Å². The van der Waals surface area contributed by atoms with Crippen LogP contribution in [0.3, 0.4) is 0 Å². The molecular weight excluding hydrogens is 404 g/mol. The van der Waals surface area contributed by atoms with Crippen molar-refractivity contribution >= 4 is 35.6 Å². The molecule has 0 spiro atoms. The molecule has 1 heterocycles. The van der Waals surface area contributed by atoms with Gasteiger partial charge in [-0.05, 0) is 35.9 Å². The van der Waals surface area contributed by atoms with E-state index in [4.69, 9.17) is 14.2 Å². The maximum absolute atomic E-state index is 13.0. The highest BCUT2D eigenvalue weighted by molar-refractivity contribution is 6.39. The van der Waals surface area contributed by atoms with Crippen molar-refractivity contribution in [3.63, 3.8) is 0 Å². The van der Waals surface area contributed by atoms with Gasteiger partial charge in [-0.25, -0.2) is 9.69 Å². The smallest absolute Gasteiger partial charge is 0.336 e. The summed E-state index contributed by atoms with van der Waals surface area (Å²) in [6, 6.07) is 10.1. The molecule has 1 aliphatic heterocycles. The molecular formula is C22H20N2O7. The van der Waals surface area contributed by atoms with Gasteiger partial charge in [-0.3, -0.25) is 19.7 Å². The lowest BCUT2D eigenvalue weighted by molar-refractivity contribution is -0.134. The van der Waals surface area contributed by atoms with Gasteiger partial charge in [0.1, 0.15) is 11.3 Å². The highest BCUT2D eigenvalue weighted by Crippen LogP contribution is 2.32. The van der Waals surface area contributed by atoms with Crippen LogP contribution in [0.2, 0.25) is 0 Å². The van der Waals surface area contributed by atoms with Crippen molar-refractivity contribution in [1.82, 2.24) is 5.32 Å². The number of nitrogens with zero attached hydrogens (tertiary/aromatic N) is 1. The van der Waals surface area contributed by atoms with E-state index in [1.54, 1.807) is 31.2 Å². The van der Waals surface area contributed by atoms with Crippen molar-refractivity contribution in [3.8, 4) is 17.2 Å². The first kappa shape index (κ1) is 21.6. The predicted molar refractivity (Wildman–Crippen MR) is 111 cm³/mol. The van der Waals surface area contributed by atoms with E-state index in [9.17, 15) is 19.2 Å². The van der Waals surface area contributed by atoms with E-state index in [0.717, 1.165) is 4.90 Å². The number of barbiturate groups is 1. The zero-order chi connectivity index (χ0) is 22.5. The van der Waals surface area contributed by atoms with Crippen LogP contribution in [0.25, 0.3) is 6.08 Å². The number of methoxy groups -OCH3 is 2. The third-order valence-corrected chi connectivity index (χ3v) is 4.44. The minimum absolute atomic E-state index is 0.191. The van der Waals surface area contributed by atoms with Gasteiger partial charge < -0.3 is 14.2 Å². The molecule has 0 saturated carbocycles. The molecule has 0 radical (unpaired) electrons. The lowest BCUT2D eigenvalue weighted by Gasteiger charge is -2.27. The maximum atomic E-state index is 13.0. The third kappa shape index (κ3) is 4.40. The number of ether oxygens (including phenoxy) is 3. The van der Waals surface area contributed by atoms with Crippen LogP contribution in [-0.2, 0) is 14.4 Å². The molecule has 160 valence electrons. The number of hydrogen-bond donors (Lipinski definition) is 1. The summed E-state index contributed by atoms with van der Waals surface area (Å²) >= 11 is 0. The lowest BCUT2D eigenvalue weighted by atomic mass is 10.1. The molecule has 1 saturated heterocycles. The Kier molecular flexibility index (Phi) is 6.35. The summed E-state index contributed by atoms with van der Waals surface area (Å²) in [7, 11) is 2.81. The summed E-state index contributed by atoms with van der Waals surface area (Å²) in [5.41, 5.74) is 0.372. The van der Waals surface area contributed by atoms with Gasteiger partial charge in [-0.1, -0.05) is 25.1 Å². The highest BCUT2D eigenvalue weighted by Gasteiger charge is 2.38. The molecule has 31 heavy (non-hydrogen) atoms. The Morgan fingerprint density at radius 1 is 1.00 bits per heavy atom. The number of carbonyl (C=O) groups excluding carboxylic acids is 4. The molecule has 4 amide bonds. The molecule has 0 aliphatic carbocycles. The van der Waals surface area contributed by atoms with Crippen LogP contribution in [-0.4, -0.2) is 38.0 Å². The van der Waals surface area contributed by atoms with Gasteiger partial charge in [0.2, 0.25) is 0 Å². The van der Waals surface area contributed by atoms with Gasteiger partial charge in [0, 0.05) is 6.42 Å². The summed E-state index contributed by atoms with van der Waals surface area (Å²) in [6.07, 6.45) is 1.51. The van der Waals surface area contributed by atoms with Crippen LogP contribution in [0, 0.1) is 0 Å². The Bertz CT molecular complexity index is 1090. The molecule has 1 fully saturated rings. The maximum Gasteiger partial charge on any atom is 0.336 e. The molecule has 9 nitrogen and oxygen atoms in total. The zero-order valence-corrected chi connectivity index (χ0v) is 17.1. The monoisotopic (exact) mass is 424 g/mol. The Balaban J connectivity index is 1.99. The average Bonchev–Trinajstić information content (AvgIpc) is 2.77. The molecule has 1 N–H and O–H groups in total. The lowest BCUT2D eigenvalue weighted by Crippen LogP contribution is -2.54. The van der Waals surface area contributed by atoms with Crippen molar-refractivity contribution in [2.75, 3.05) is 19.1 Å². The van der Waals surface area contributed by atoms with E-state index in [1.807, 2.05) is 0 Å². The van der Waals surface area contributed by atoms with Crippen molar-refractivity contribution in [2.24, 2.45) is 0 Å². The van der Waals surface area contributed by atoms with Crippen LogP contribution in [0.1, 0.15) is 18.9 Å². The Labute approximate surface area is 178 Å². The second-order valence-corrected chi connectivity index (χ2v) is 6.37. The first-order valence-electron chi connectivity index (χ1n) is 9.32. The van der Waals surface area contributed by atoms with E-state index in [0.29, 0.717) is 11.3 Å². The number of carbonyl (C=O) groups is 4. The molecule has 3 rings (SSSR count). The predicted octanol–water partition coefficient (Wildman–Crippen LogP) is 2.69. The minimum atomic E-state index is -0.879. The Hall–Kier alpha value is -4.14. The second kappa shape index (κ2) is 9.12. The fourth-order valence-corrected chi connectivity index (χ4v) is 2.91. The molecule has 0 atom stereocenters. The van der Waals surface area contributed by atoms with Gasteiger partial charge in [0.25, 0.3) is 11.8 Å². The quantitative estimate of drug-likeness (QED) is 0.328. The van der Waals surface area contributed by atoms with Gasteiger partial charge >= 0.3 is 12.0 Å². The van der Waals surface area contributed by atoms with E-state index in [2.05, 4.69) is 5.32 Å². The summed E-state index contributed by atoms with van der Waals surface area (Å²) in [5, 5.41) is 2.16. The summed E-state index contributed by atoms with van der Waals surface area (Å²) in [4.78, 5) is 50.2. The number of esters is 1. The molecule has 1 aliphatic rings. The number of benzene rings is 2. The topological polar surface area (TPSA) is 111 Å².